The van der Waals surface area contributed by atoms with Crippen molar-refractivity contribution in [1.29, 1.82) is 0 Å². The van der Waals surface area contributed by atoms with Gasteiger partial charge >= 0.3 is 0 Å². The van der Waals surface area contributed by atoms with Gasteiger partial charge in [-0.3, -0.25) is 9.59 Å². The van der Waals surface area contributed by atoms with Gasteiger partial charge in [0.1, 0.15) is 6.04 Å². The van der Waals surface area contributed by atoms with Crippen molar-refractivity contribution in [1.82, 2.24) is 14.6 Å². The van der Waals surface area contributed by atoms with Crippen LogP contribution in [-0.4, -0.2) is 33.1 Å². The van der Waals surface area contributed by atoms with Gasteiger partial charge < -0.3 is 10.2 Å². The molecule has 0 saturated carbocycles. The zero-order valence-corrected chi connectivity index (χ0v) is 17.8. The van der Waals surface area contributed by atoms with Gasteiger partial charge in [0.05, 0.1) is 0 Å². The summed E-state index contributed by atoms with van der Waals surface area (Å²) in [6.07, 6.45) is 3.37. The first-order chi connectivity index (χ1) is 14.0. The minimum Gasteiger partial charge on any atom is -0.335 e. The van der Waals surface area contributed by atoms with Crippen molar-refractivity contribution < 1.29 is 4.79 Å². The predicted octanol–water partition coefficient (Wildman–Crippen LogP) is 3.33. The molecule has 1 aliphatic rings. The van der Waals surface area contributed by atoms with Gasteiger partial charge in [-0.05, 0) is 44.2 Å². The van der Waals surface area contributed by atoms with Crippen LogP contribution in [0.5, 0.6) is 0 Å². The third kappa shape index (κ3) is 3.76. The van der Waals surface area contributed by atoms with Gasteiger partial charge in [0.15, 0.2) is 0 Å². The Morgan fingerprint density at radius 2 is 2.07 bits per heavy atom. The molecule has 4 rings (SSSR count). The summed E-state index contributed by atoms with van der Waals surface area (Å²) in [5.74, 6) is -0.0360. The first-order valence-corrected chi connectivity index (χ1v) is 10.8. The average Bonchev–Trinajstić information content (AvgIpc) is 3.32. The summed E-state index contributed by atoms with van der Waals surface area (Å²) >= 11 is 1.37. The van der Waals surface area contributed by atoms with Gasteiger partial charge in [0.25, 0.3) is 5.56 Å². The summed E-state index contributed by atoms with van der Waals surface area (Å²) < 4.78 is 1.35. The molecule has 1 N–H and O–H groups in total. The molecule has 1 aliphatic heterocycles. The quantitative estimate of drug-likeness (QED) is 0.697. The number of nitrogens with one attached hydrogen (secondary N) is 1. The van der Waals surface area contributed by atoms with E-state index in [1.807, 2.05) is 36.9 Å². The van der Waals surface area contributed by atoms with Crippen LogP contribution in [-0.2, 0) is 11.2 Å². The molecule has 0 radical (unpaired) electrons. The van der Waals surface area contributed by atoms with Crippen molar-refractivity contribution in [3.8, 4) is 0 Å². The smallest absolute Gasteiger partial charge is 0.275 e. The number of benzene rings is 1. The van der Waals surface area contributed by atoms with E-state index in [2.05, 4.69) is 22.3 Å². The van der Waals surface area contributed by atoms with Gasteiger partial charge in [-0.2, -0.15) is 4.52 Å². The fourth-order valence-corrected chi connectivity index (χ4v) is 4.83. The second-order valence-electron chi connectivity index (χ2n) is 7.52. The van der Waals surface area contributed by atoms with E-state index in [0.717, 1.165) is 54.7 Å². The minimum absolute atomic E-state index is 0.0360. The highest BCUT2D eigenvalue weighted by molar-refractivity contribution is 7.20. The molecule has 29 heavy (non-hydrogen) atoms. The first-order valence-electron chi connectivity index (χ1n) is 10.0. The van der Waals surface area contributed by atoms with Crippen molar-refractivity contribution in [2.45, 2.75) is 52.5 Å². The Labute approximate surface area is 173 Å². The number of carbonyl (C=O) groups is 1. The molecule has 2 aromatic heterocycles. The topological polar surface area (TPSA) is 79.6 Å². The van der Waals surface area contributed by atoms with Gasteiger partial charge in [0, 0.05) is 24.0 Å². The zero-order valence-electron chi connectivity index (χ0n) is 16.9. The lowest BCUT2D eigenvalue weighted by Gasteiger charge is -2.23. The molecule has 1 aromatic carbocycles. The third-order valence-electron chi connectivity index (χ3n) is 5.32. The van der Waals surface area contributed by atoms with E-state index in [4.69, 9.17) is 0 Å². The maximum absolute atomic E-state index is 13.1. The van der Waals surface area contributed by atoms with E-state index in [1.54, 1.807) is 6.07 Å². The standard InChI is InChI=1S/C21H25N5O2S/c1-4-7-15-12-17(27)26-20(22-15)29-21(24-26)25-11-6-10-16(25)19(28)23-18-13(2)8-5-9-14(18)3/h5,8-9,12,16H,4,6-7,10-11H2,1-3H3,(H,23,28). The van der Waals surface area contributed by atoms with Crippen LogP contribution in [0.3, 0.4) is 0 Å². The monoisotopic (exact) mass is 411 g/mol. The summed E-state index contributed by atoms with van der Waals surface area (Å²) in [5, 5.41) is 8.25. The van der Waals surface area contributed by atoms with Crippen molar-refractivity contribution in [3.63, 3.8) is 0 Å². The Morgan fingerprint density at radius 3 is 2.79 bits per heavy atom. The lowest BCUT2D eigenvalue weighted by Crippen LogP contribution is -2.40. The van der Waals surface area contributed by atoms with Crippen molar-refractivity contribution in [2.75, 3.05) is 16.8 Å². The van der Waals surface area contributed by atoms with E-state index in [0.29, 0.717) is 10.1 Å². The molecule has 7 nitrogen and oxygen atoms in total. The van der Waals surface area contributed by atoms with E-state index in [9.17, 15) is 9.59 Å². The summed E-state index contributed by atoms with van der Waals surface area (Å²) in [4.78, 5) is 32.6. The maximum atomic E-state index is 13.1. The van der Waals surface area contributed by atoms with E-state index < -0.39 is 0 Å². The molecular formula is C21H25N5O2S. The number of para-hydroxylation sites is 1. The summed E-state index contributed by atoms with van der Waals surface area (Å²) in [6, 6.07) is 7.22. The molecule has 1 unspecified atom stereocenters. The second kappa shape index (κ2) is 7.94. The second-order valence-corrected chi connectivity index (χ2v) is 8.46. The number of hydrogen-bond donors (Lipinski definition) is 1. The minimum atomic E-state index is -0.305. The molecule has 1 amide bonds. The highest BCUT2D eigenvalue weighted by Gasteiger charge is 2.33. The SMILES string of the molecule is CCCc1cc(=O)n2nc(N3CCCC3C(=O)Nc3c(C)cccc3C)sc2n1. The number of carbonyl (C=O) groups excluding carboxylic acids is 1. The number of aryl methyl sites for hydroxylation is 3. The maximum Gasteiger partial charge on any atom is 0.275 e. The summed E-state index contributed by atoms with van der Waals surface area (Å²) in [7, 11) is 0. The highest BCUT2D eigenvalue weighted by atomic mass is 32.1. The normalized spacial score (nSPS) is 16.5. The predicted molar refractivity (Wildman–Crippen MR) is 116 cm³/mol. The molecule has 0 spiro atoms. The molecule has 8 heteroatoms. The number of fused-ring (bicyclic) bond motifs is 1. The Hall–Kier alpha value is -2.74. The van der Waals surface area contributed by atoms with E-state index in [1.165, 1.54) is 15.9 Å². The van der Waals surface area contributed by atoms with Crippen molar-refractivity contribution >= 4 is 33.0 Å². The molecule has 1 saturated heterocycles. The van der Waals surface area contributed by atoms with E-state index >= 15 is 0 Å². The Balaban J connectivity index is 1.62. The number of nitrogens with zero attached hydrogens (tertiary/aromatic N) is 4. The molecular weight excluding hydrogens is 386 g/mol. The zero-order chi connectivity index (χ0) is 20.5. The van der Waals surface area contributed by atoms with Crippen LogP contribution < -0.4 is 15.8 Å². The average molecular weight is 412 g/mol. The lowest BCUT2D eigenvalue weighted by atomic mass is 10.1. The summed E-state index contributed by atoms with van der Waals surface area (Å²) in [5.41, 5.74) is 3.58. The van der Waals surface area contributed by atoms with Crippen LogP contribution in [0.4, 0.5) is 10.8 Å². The largest absolute Gasteiger partial charge is 0.335 e. The number of hydrogen-bond acceptors (Lipinski definition) is 6. The fraction of sp³-hybridized carbons (Fsp3) is 0.429. The Morgan fingerprint density at radius 1 is 1.31 bits per heavy atom. The van der Waals surface area contributed by atoms with Crippen molar-refractivity contribution in [2.24, 2.45) is 0 Å². The van der Waals surface area contributed by atoms with Gasteiger partial charge in [-0.15, -0.1) is 5.10 Å². The number of amides is 1. The molecule has 3 heterocycles. The number of rotatable bonds is 5. The lowest BCUT2D eigenvalue weighted by molar-refractivity contribution is -0.117. The fourth-order valence-electron chi connectivity index (χ4n) is 3.83. The van der Waals surface area contributed by atoms with Crippen molar-refractivity contribution in [3.05, 3.63) is 51.4 Å². The number of anilines is 2. The number of aromatic nitrogens is 3. The van der Waals surface area contributed by atoms with Crippen LogP contribution in [0.1, 0.15) is 43.0 Å². The molecule has 152 valence electrons. The molecule has 0 aliphatic carbocycles. The molecule has 0 bridgehead atoms. The van der Waals surface area contributed by atoms with Crippen LogP contribution in [0.15, 0.2) is 29.1 Å². The highest BCUT2D eigenvalue weighted by Crippen LogP contribution is 2.30. The van der Waals surface area contributed by atoms with E-state index in [-0.39, 0.29) is 17.5 Å². The molecule has 1 fully saturated rings. The van der Waals surface area contributed by atoms with Gasteiger partial charge in [-0.25, -0.2) is 4.98 Å². The van der Waals surface area contributed by atoms with Gasteiger partial charge in [-0.1, -0.05) is 42.9 Å². The van der Waals surface area contributed by atoms with Crippen LogP contribution in [0, 0.1) is 13.8 Å². The Bertz CT molecular complexity index is 1100. The van der Waals surface area contributed by atoms with Crippen LogP contribution in [0.2, 0.25) is 0 Å². The first kappa shape index (κ1) is 19.6. The third-order valence-corrected chi connectivity index (χ3v) is 6.27. The van der Waals surface area contributed by atoms with Crippen LogP contribution in [0.25, 0.3) is 4.96 Å². The Kier molecular flexibility index (Phi) is 5.36. The molecule has 1 atom stereocenters. The molecule has 3 aromatic rings. The van der Waals surface area contributed by atoms with Gasteiger partial charge in [0.2, 0.25) is 16.0 Å². The van der Waals surface area contributed by atoms with Crippen LogP contribution >= 0.6 is 11.3 Å². The summed E-state index contributed by atoms with van der Waals surface area (Å²) in [6.45, 7) is 6.79.